The number of halogens is 3. The minimum atomic E-state index is -0.679. The molecule has 0 saturated heterocycles. The molecule has 0 unspecified atom stereocenters. The van der Waals surface area contributed by atoms with Crippen LogP contribution in [0.1, 0.15) is 0 Å². The molecule has 0 atom stereocenters. The summed E-state index contributed by atoms with van der Waals surface area (Å²) in [6.07, 6.45) is 0. The van der Waals surface area contributed by atoms with Crippen LogP contribution >= 0.6 is 11.6 Å². The molecule has 0 bridgehead atoms. The van der Waals surface area contributed by atoms with E-state index in [1.54, 1.807) is 24.3 Å². The molecule has 2 nitrogen and oxygen atoms in total. The van der Waals surface area contributed by atoms with E-state index in [1.807, 2.05) is 0 Å². The van der Waals surface area contributed by atoms with Gasteiger partial charge < -0.3 is 0 Å². The second-order valence-corrected chi connectivity index (χ2v) is 4.34. The van der Waals surface area contributed by atoms with Crippen molar-refractivity contribution in [2.75, 3.05) is 0 Å². The molecule has 1 heterocycles. The third-order valence-electron chi connectivity index (χ3n) is 2.84. The highest BCUT2D eigenvalue weighted by molar-refractivity contribution is 6.34. The number of nitrogens with zero attached hydrogens (tertiary/aromatic N) is 2. The van der Waals surface area contributed by atoms with Gasteiger partial charge in [-0.1, -0.05) is 41.9 Å². The van der Waals surface area contributed by atoms with E-state index in [0.29, 0.717) is 10.8 Å². The van der Waals surface area contributed by atoms with Crippen LogP contribution in [0.25, 0.3) is 22.0 Å². The molecule has 0 fully saturated rings. The molecular formula is C14H7ClF2N2. The fourth-order valence-electron chi connectivity index (χ4n) is 1.98. The van der Waals surface area contributed by atoms with Crippen LogP contribution in [0.5, 0.6) is 0 Å². The van der Waals surface area contributed by atoms with Crippen LogP contribution < -0.4 is 0 Å². The van der Waals surface area contributed by atoms with Crippen molar-refractivity contribution in [1.82, 2.24) is 10.2 Å². The largest absolute Gasteiger partial charge is 0.206 e. The summed E-state index contributed by atoms with van der Waals surface area (Å²) >= 11 is 5.93. The van der Waals surface area contributed by atoms with Gasteiger partial charge in [-0.25, -0.2) is 8.78 Å². The molecule has 0 aliphatic carbocycles. The Morgan fingerprint density at radius 2 is 1.42 bits per heavy atom. The molecular weight excluding hydrogens is 270 g/mol. The van der Waals surface area contributed by atoms with Crippen molar-refractivity contribution >= 4 is 22.4 Å². The maximum atomic E-state index is 13.8. The molecule has 0 aliphatic rings. The topological polar surface area (TPSA) is 25.8 Å². The number of fused-ring (bicyclic) bond motifs is 1. The maximum absolute atomic E-state index is 13.8. The third kappa shape index (κ3) is 1.94. The normalized spacial score (nSPS) is 10.9. The molecule has 0 saturated carbocycles. The fourth-order valence-corrected chi connectivity index (χ4v) is 2.18. The Balaban J connectivity index is 2.41. The highest BCUT2D eigenvalue weighted by atomic mass is 35.5. The molecule has 19 heavy (non-hydrogen) atoms. The van der Waals surface area contributed by atoms with Crippen molar-refractivity contribution in [3.63, 3.8) is 0 Å². The first-order valence-electron chi connectivity index (χ1n) is 5.54. The molecule has 94 valence electrons. The lowest BCUT2D eigenvalue weighted by Crippen LogP contribution is -1.96. The first kappa shape index (κ1) is 12.0. The minimum absolute atomic E-state index is 0.149. The maximum Gasteiger partial charge on any atom is 0.159 e. The summed E-state index contributed by atoms with van der Waals surface area (Å²) in [6.45, 7) is 0. The van der Waals surface area contributed by atoms with Gasteiger partial charge in [-0.2, -0.15) is 0 Å². The Kier molecular flexibility index (Phi) is 2.87. The van der Waals surface area contributed by atoms with Gasteiger partial charge in [0.1, 0.15) is 17.3 Å². The second kappa shape index (κ2) is 4.55. The highest BCUT2D eigenvalue weighted by Gasteiger charge is 2.16. The zero-order valence-corrected chi connectivity index (χ0v) is 10.3. The Morgan fingerprint density at radius 3 is 2.11 bits per heavy atom. The van der Waals surface area contributed by atoms with Crippen molar-refractivity contribution in [1.29, 1.82) is 0 Å². The van der Waals surface area contributed by atoms with Gasteiger partial charge in [-0.05, 0) is 12.1 Å². The van der Waals surface area contributed by atoms with E-state index in [4.69, 9.17) is 11.6 Å². The smallest absolute Gasteiger partial charge is 0.159 e. The van der Waals surface area contributed by atoms with E-state index in [9.17, 15) is 8.78 Å². The van der Waals surface area contributed by atoms with Crippen LogP contribution in [0, 0.1) is 11.6 Å². The second-order valence-electron chi connectivity index (χ2n) is 3.98. The van der Waals surface area contributed by atoms with Gasteiger partial charge in [-0.3, -0.25) is 0 Å². The molecule has 3 aromatic rings. The Morgan fingerprint density at radius 1 is 0.789 bits per heavy atom. The summed E-state index contributed by atoms with van der Waals surface area (Å²) in [6, 6.07) is 10.6. The highest BCUT2D eigenvalue weighted by Crippen LogP contribution is 2.32. The van der Waals surface area contributed by atoms with Crippen molar-refractivity contribution in [3.05, 3.63) is 59.3 Å². The third-order valence-corrected chi connectivity index (χ3v) is 3.12. The van der Waals surface area contributed by atoms with Gasteiger partial charge >= 0.3 is 0 Å². The van der Waals surface area contributed by atoms with Crippen molar-refractivity contribution < 1.29 is 8.78 Å². The van der Waals surface area contributed by atoms with E-state index in [1.165, 1.54) is 18.2 Å². The van der Waals surface area contributed by atoms with Gasteiger partial charge in [0.2, 0.25) is 0 Å². The van der Waals surface area contributed by atoms with E-state index in [2.05, 4.69) is 10.2 Å². The quantitative estimate of drug-likeness (QED) is 0.665. The minimum Gasteiger partial charge on any atom is -0.206 e. The summed E-state index contributed by atoms with van der Waals surface area (Å²) < 4.78 is 27.6. The van der Waals surface area contributed by atoms with Crippen molar-refractivity contribution in [3.8, 4) is 11.3 Å². The Labute approximate surface area is 112 Å². The number of aromatic nitrogens is 2. The summed E-state index contributed by atoms with van der Waals surface area (Å²) in [5.41, 5.74) is -0.0431. The molecule has 0 amide bonds. The molecule has 5 heteroatoms. The summed E-state index contributed by atoms with van der Waals surface area (Å²) in [5.74, 6) is -1.36. The predicted molar refractivity (Wildman–Crippen MR) is 69.9 cm³/mol. The first-order chi connectivity index (χ1) is 9.18. The van der Waals surface area contributed by atoms with Crippen molar-refractivity contribution in [2.24, 2.45) is 0 Å². The van der Waals surface area contributed by atoms with E-state index in [-0.39, 0.29) is 16.4 Å². The van der Waals surface area contributed by atoms with Crippen LogP contribution in [-0.2, 0) is 0 Å². The van der Waals surface area contributed by atoms with Crippen LogP contribution in [-0.4, -0.2) is 10.2 Å². The van der Waals surface area contributed by atoms with Gasteiger partial charge in [-0.15, -0.1) is 10.2 Å². The SMILES string of the molecule is Fc1cccc(F)c1-c1nnc(Cl)c2ccccc12. The fraction of sp³-hybridized carbons (Fsp3) is 0. The van der Waals surface area contributed by atoms with Gasteiger partial charge in [0.25, 0.3) is 0 Å². The lowest BCUT2D eigenvalue weighted by atomic mass is 10.0. The zero-order chi connectivity index (χ0) is 13.4. The predicted octanol–water partition coefficient (Wildman–Crippen LogP) is 4.23. The lowest BCUT2D eigenvalue weighted by Gasteiger charge is -2.07. The van der Waals surface area contributed by atoms with Crippen LogP contribution in [0.3, 0.4) is 0 Å². The van der Waals surface area contributed by atoms with Gasteiger partial charge in [0.15, 0.2) is 5.15 Å². The van der Waals surface area contributed by atoms with Crippen LogP contribution in [0.2, 0.25) is 5.15 Å². The zero-order valence-electron chi connectivity index (χ0n) is 9.57. The molecule has 0 radical (unpaired) electrons. The number of hydrogen-bond acceptors (Lipinski definition) is 2. The summed E-state index contributed by atoms with van der Waals surface area (Å²) in [4.78, 5) is 0. The molecule has 0 N–H and O–H groups in total. The van der Waals surface area contributed by atoms with Crippen LogP contribution in [0.4, 0.5) is 8.78 Å². The van der Waals surface area contributed by atoms with Gasteiger partial charge in [0, 0.05) is 10.8 Å². The van der Waals surface area contributed by atoms with E-state index in [0.717, 1.165) is 0 Å². The molecule has 1 aromatic heterocycles. The van der Waals surface area contributed by atoms with E-state index >= 15 is 0 Å². The first-order valence-corrected chi connectivity index (χ1v) is 5.91. The molecule has 3 rings (SSSR count). The number of hydrogen-bond donors (Lipinski definition) is 0. The molecule has 2 aromatic carbocycles. The monoisotopic (exact) mass is 276 g/mol. The summed E-state index contributed by atoms with van der Waals surface area (Å²) in [5, 5.41) is 8.96. The standard InChI is InChI=1S/C14H7ClF2N2/c15-14-9-5-2-1-4-8(9)13(18-19-14)12-10(16)6-3-7-11(12)17/h1-7H. The lowest BCUT2D eigenvalue weighted by molar-refractivity contribution is 0.588. The number of benzene rings is 2. The Hall–Kier alpha value is -2.07. The Bertz CT molecular complexity index is 754. The van der Waals surface area contributed by atoms with Crippen LogP contribution in [0.15, 0.2) is 42.5 Å². The van der Waals surface area contributed by atoms with E-state index < -0.39 is 11.6 Å². The number of rotatable bonds is 1. The van der Waals surface area contributed by atoms with Crippen molar-refractivity contribution in [2.45, 2.75) is 0 Å². The molecule has 0 spiro atoms. The average Bonchev–Trinajstić information content (AvgIpc) is 2.41. The van der Waals surface area contributed by atoms with Gasteiger partial charge in [0.05, 0.1) is 5.56 Å². The molecule has 0 aliphatic heterocycles. The average molecular weight is 277 g/mol. The summed E-state index contributed by atoms with van der Waals surface area (Å²) in [7, 11) is 0.